The molecule has 0 aromatic rings. The van der Waals surface area contributed by atoms with Crippen LogP contribution in [-0.4, -0.2) is 23.1 Å². The number of hydrogen-bond acceptors (Lipinski definition) is 3. The van der Waals surface area contributed by atoms with Crippen LogP contribution in [-0.2, 0) is 14.3 Å². The van der Waals surface area contributed by atoms with Gasteiger partial charge in [0.15, 0.2) is 0 Å². The van der Waals surface area contributed by atoms with Crippen molar-refractivity contribution in [2.45, 2.75) is 98.0 Å². The van der Waals surface area contributed by atoms with Gasteiger partial charge in [0.05, 0.1) is 11.8 Å². The average molecular weight is 355 g/mol. The molecule has 4 atom stereocenters. The summed E-state index contributed by atoms with van der Waals surface area (Å²) in [5.41, 5.74) is 0. The molecule has 0 aliphatic heterocycles. The molecule has 0 aromatic carbocycles. The van der Waals surface area contributed by atoms with Crippen LogP contribution in [0.25, 0.3) is 0 Å². The Labute approximate surface area is 153 Å². The quantitative estimate of drug-likeness (QED) is 0.502. The zero-order valence-corrected chi connectivity index (χ0v) is 16.6. The van der Waals surface area contributed by atoms with E-state index in [1.165, 1.54) is 19.3 Å². The van der Waals surface area contributed by atoms with Gasteiger partial charge in [-0.1, -0.05) is 66.2 Å². The lowest BCUT2D eigenvalue weighted by molar-refractivity contribution is -0.165. The van der Waals surface area contributed by atoms with Gasteiger partial charge in [0.1, 0.15) is 6.10 Å². The molecule has 1 N–H and O–H groups in total. The van der Waals surface area contributed by atoms with Crippen LogP contribution < -0.4 is 0 Å². The van der Waals surface area contributed by atoms with Gasteiger partial charge in [-0.15, -0.1) is 0 Å². The molecule has 1 aliphatic rings. The standard InChI is InChI=1S/C21H38O4/c1-5-7-10-16(6-2)14-17(13-15(3)4)25-21(24)19-12-9-8-11-18(19)20(22)23/h15-19H,5-14H2,1-4H3,(H,22,23). The Morgan fingerprint density at radius 1 is 1.08 bits per heavy atom. The van der Waals surface area contributed by atoms with Crippen molar-refractivity contribution in [3.63, 3.8) is 0 Å². The highest BCUT2D eigenvalue weighted by atomic mass is 16.5. The van der Waals surface area contributed by atoms with E-state index in [1.807, 2.05) is 0 Å². The average Bonchev–Trinajstić information content (AvgIpc) is 2.57. The molecule has 1 fully saturated rings. The Morgan fingerprint density at radius 2 is 1.72 bits per heavy atom. The van der Waals surface area contributed by atoms with E-state index in [-0.39, 0.29) is 12.1 Å². The van der Waals surface area contributed by atoms with Gasteiger partial charge in [0.2, 0.25) is 0 Å². The van der Waals surface area contributed by atoms with Crippen LogP contribution in [0.5, 0.6) is 0 Å². The largest absolute Gasteiger partial charge is 0.481 e. The third kappa shape index (κ3) is 7.79. The van der Waals surface area contributed by atoms with Gasteiger partial charge in [-0.25, -0.2) is 0 Å². The zero-order valence-electron chi connectivity index (χ0n) is 16.6. The topological polar surface area (TPSA) is 63.6 Å². The van der Waals surface area contributed by atoms with E-state index < -0.39 is 17.8 Å². The Balaban J connectivity index is 2.71. The monoisotopic (exact) mass is 354 g/mol. The second kappa shape index (κ2) is 11.5. The number of carboxylic acid groups (broad SMARTS) is 1. The normalized spacial score (nSPS) is 23.2. The molecule has 4 heteroatoms. The van der Waals surface area contributed by atoms with Crippen LogP contribution in [0.4, 0.5) is 0 Å². The molecule has 0 aromatic heterocycles. The van der Waals surface area contributed by atoms with Crippen LogP contribution in [0.3, 0.4) is 0 Å². The first kappa shape index (κ1) is 22.0. The minimum Gasteiger partial charge on any atom is -0.481 e. The van der Waals surface area contributed by atoms with Gasteiger partial charge in [0, 0.05) is 0 Å². The maximum atomic E-state index is 12.7. The molecule has 0 heterocycles. The van der Waals surface area contributed by atoms with Crippen LogP contribution in [0, 0.1) is 23.7 Å². The lowest BCUT2D eigenvalue weighted by atomic mass is 9.79. The van der Waals surface area contributed by atoms with Crippen molar-refractivity contribution in [2.75, 3.05) is 0 Å². The van der Waals surface area contributed by atoms with Crippen LogP contribution in [0.1, 0.15) is 91.9 Å². The zero-order chi connectivity index (χ0) is 18.8. The fraction of sp³-hybridized carbons (Fsp3) is 0.905. The molecule has 0 radical (unpaired) electrons. The summed E-state index contributed by atoms with van der Waals surface area (Å²) in [6.07, 6.45) is 9.44. The predicted molar refractivity (Wildman–Crippen MR) is 100 cm³/mol. The first-order valence-corrected chi connectivity index (χ1v) is 10.3. The number of carbonyl (C=O) groups is 2. The van der Waals surface area contributed by atoms with E-state index in [1.54, 1.807) is 0 Å². The van der Waals surface area contributed by atoms with Crippen LogP contribution in [0.15, 0.2) is 0 Å². The molecule has 0 amide bonds. The number of esters is 1. The molecular weight excluding hydrogens is 316 g/mol. The van der Waals surface area contributed by atoms with E-state index in [4.69, 9.17) is 4.74 Å². The molecule has 0 bridgehead atoms. The molecule has 1 saturated carbocycles. The number of ether oxygens (including phenoxy) is 1. The molecular formula is C21H38O4. The molecule has 1 aliphatic carbocycles. The third-order valence-corrected chi connectivity index (χ3v) is 5.54. The predicted octanol–water partition coefficient (Wildman–Crippen LogP) is 5.44. The van der Waals surface area contributed by atoms with Gasteiger partial charge in [0.25, 0.3) is 0 Å². The van der Waals surface area contributed by atoms with Gasteiger partial charge >= 0.3 is 11.9 Å². The number of rotatable bonds is 11. The van der Waals surface area contributed by atoms with Crippen molar-refractivity contribution in [3.05, 3.63) is 0 Å². The summed E-state index contributed by atoms with van der Waals surface area (Å²) in [5.74, 6) is -1.11. The summed E-state index contributed by atoms with van der Waals surface area (Å²) in [6, 6.07) is 0. The summed E-state index contributed by atoms with van der Waals surface area (Å²) in [7, 11) is 0. The summed E-state index contributed by atoms with van der Waals surface area (Å²) in [5, 5.41) is 9.41. The Kier molecular flexibility index (Phi) is 10.1. The Morgan fingerprint density at radius 3 is 2.24 bits per heavy atom. The third-order valence-electron chi connectivity index (χ3n) is 5.54. The lowest BCUT2D eigenvalue weighted by Gasteiger charge is -2.30. The first-order chi connectivity index (χ1) is 11.9. The van der Waals surface area contributed by atoms with Crippen LogP contribution >= 0.6 is 0 Å². The highest BCUT2D eigenvalue weighted by molar-refractivity contribution is 5.81. The van der Waals surface area contributed by atoms with E-state index >= 15 is 0 Å². The Hall–Kier alpha value is -1.06. The van der Waals surface area contributed by atoms with Gasteiger partial charge < -0.3 is 9.84 Å². The summed E-state index contributed by atoms with van der Waals surface area (Å²) >= 11 is 0. The second-order valence-electron chi connectivity index (χ2n) is 8.18. The number of carboxylic acids is 1. The molecule has 4 nitrogen and oxygen atoms in total. The summed E-state index contributed by atoms with van der Waals surface area (Å²) < 4.78 is 5.89. The van der Waals surface area contributed by atoms with E-state index in [0.29, 0.717) is 24.7 Å². The van der Waals surface area contributed by atoms with E-state index in [9.17, 15) is 14.7 Å². The van der Waals surface area contributed by atoms with Crippen molar-refractivity contribution in [1.29, 1.82) is 0 Å². The van der Waals surface area contributed by atoms with Crippen molar-refractivity contribution >= 4 is 11.9 Å². The molecule has 146 valence electrons. The highest BCUT2D eigenvalue weighted by Crippen LogP contribution is 2.33. The number of unbranched alkanes of at least 4 members (excludes halogenated alkanes) is 1. The van der Waals surface area contributed by atoms with Crippen molar-refractivity contribution in [2.24, 2.45) is 23.7 Å². The summed E-state index contributed by atoms with van der Waals surface area (Å²) in [6.45, 7) is 8.70. The first-order valence-electron chi connectivity index (χ1n) is 10.3. The van der Waals surface area contributed by atoms with Crippen molar-refractivity contribution in [3.8, 4) is 0 Å². The second-order valence-corrected chi connectivity index (χ2v) is 8.18. The smallest absolute Gasteiger partial charge is 0.310 e. The van der Waals surface area contributed by atoms with Gasteiger partial charge in [-0.3, -0.25) is 9.59 Å². The molecule has 25 heavy (non-hydrogen) atoms. The summed E-state index contributed by atoms with van der Waals surface area (Å²) in [4.78, 5) is 24.2. The highest BCUT2D eigenvalue weighted by Gasteiger charge is 2.37. The SMILES string of the molecule is CCCCC(CC)CC(CC(C)C)OC(=O)C1CCCCC1C(=O)O. The molecule has 0 spiro atoms. The van der Waals surface area contributed by atoms with E-state index in [0.717, 1.165) is 32.1 Å². The minimum absolute atomic E-state index is 0.0781. The fourth-order valence-electron chi connectivity index (χ4n) is 4.03. The number of aliphatic carboxylic acids is 1. The fourth-order valence-corrected chi connectivity index (χ4v) is 4.03. The van der Waals surface area contributed by atoms with Crippen molar-refractivity contribution in [1.82, 2.24) is 0 Å². The minimum atomic E-state index is -0.851. The van der Waals surface area contributed by atoms with Crippen molar-refractivity contribution < 1.29 is 19.4 Å². The van der Waals surface area contributed by atoms with E-state index in [2.05, 4.69) is 27.7 Å². The van der Waals surface area contributed by atoms with Gasteiger partial charge in [-0.2, -0.15) is 0 Å². The Bertz CT molecular complexity index is 405. The maximum absolute atomic E-state index is 12.7. The van der Waals surface area contributed by atoms with Gasteiger partial charge in [-0.05, 0) is 37.5 Å². The molecule has 1 rings (SSSR count). The van der Waals surface area contributed by atoms with Crippen LogP contribution in [0.2, 0.25) is 0 Å². The molecule has 4 unspecified atom stereocenters. The number of carbonyl (C=O) groups excluding carboxylic acids is 1. The maximum Gasteiger partial charge on any atom is 0.310 e. The lowest BCUT2D eigenvalue weighted by Crippen LogP contribution is -2.36. The molecule has 0 saturated heterocycles. The number of hydrogen-bond donors (Lipinski definition) is 1.